The van der Waals surface area contributed by atoms with Crippen LogP contribution >= 0.6 is 0 Å². The van der Waals surface area contributed by atoms with Gasteiger partial charge in [-0.3, -0.25) is 19.9 Å². The number of hydrogen-bond donors (Lipinski definition) is 3. The lowest BCUT2D eigenvalue weighted by molar-refractivity contribution is -0.114. The molecule has 1 aliphatic rings. The highest BCUT2D eigenvalue weighted by Crippen LogP contribution is 2.31. The van der Waals surface area contributed by atoms with E-state index in [4.69, 9.17) is 0 Å². The predicted octanol–water partition coefficient (Wildman–Crippen LogP) is 4.15. The molecule has 0 saturated carbocycles. The van der Waals surface area contributed by atoms with Crippen molar-refractivity contribution in [1.82, 2.24) is 15.6 Å². The number of rotatable bonds is 4. The fourth-order valence-corrected chi connectivity index (χ4v) is 3.62. The molecule has 0 fully saturated rings. The first kappa shape index (κ1) is 21.3. The van der Waals surface area contributed by atoms with Crippen LogP contribution in [-0.2, 0) is 16.8 Å². The molecule has 2 amide bonds. The number of aromatic nitrogens is 1. The van der Waals surface area contributed by atoms with Crippen molar-refractivity contribution in [3.05, 3.63) is 89.4 Å². The van der Waals surface area contributed by atoms with Gasteiger partial charge in [-0.25, -0.2) is 0 Å². The minimum absolute atomic E-state index is 0.119. The molecule has 6 heteroatoms. The molecule has 4 rings (SSSR count). The van der Waals surface area contributed by atoms with E-state index in [1.54, 1.807) is 24.5 Å². The number of nitrogens with zero attached hydrogens (tertiary/aromatic N) is 1. The Kier molecular flexibility index (Phi) is 5.53. The Labute approximate surface area is 187 Å². The van der Waals surface area contributed by atoms with Gasteiger partial charge in [0, 0.05) is 35.2 Å². The van der Waals surface area contributed by atoms with Crippen LogP contribution in [-0.4, -0.2) is 21.9 Å². The molecule has 1 aromatic heterocycles. The van der Waals surface area contributed by atoms with E-state index in [-0.39, 0.29) is 11.2 Å². The zero-order valence-corrected chi connectivity index (χ0v) is 18.3. The van der Waals surface area contributed by atoms with Gasteiger partial charge in [0.05, 0.1) is 17.8 Å². The van der Waals surface area contributed by atoms with Crippen molar-refractivity contribution in [3.63, 3.8) is 0 Å². The van der Waals surface area contributed by atoms with Gasteiger partial charge in [0.2, 0.25) is 0 Å². The van der Waals surface area contributed by atoms with Gasteiger partial charge in [0.1, 0.15) is 5.75 Å². The molecule has 0 unspecified atom stereocenters. The van der Waals surface area contributed by atoms with E-state index in [9.17, 15) is 14.7 Å². The van der Waals surface area contributed by atoms with E-state index in [1.165, 1.54) is 0 Å². The van der Waals surface area contributed by atoms with Gasteiger partial charge < -0.3 is 10.4 Å². The Morgan fingerprint density at radius 3 is 2.41 bits per heavy atom. The van der Waals surface area contributed by atoms with Crippen molar-refractivity contribution < 1.29 is 14.7 Å². The molecule has 6 nitrogen and oxygen atoms in total. The Hall–Kier alpha value is -3.93. The summed E-state index contributed by atoms with van der Waals surface area (Å²) in [6.45, 7) is 6.55. The number of carbonyl (C=O) groups excluding carboxylic acids is 2. The SMILES string of the molecule is CC(C)(C)c1ccc2c(c1)C(=CNCc1cc(O)c(-c3ccccc3)cn1)C(=O)NC2=O. The number of carbonyl (C=O) groups is 2. The maximum atomic E-state index is 12.5. The molecule has 162 valence electrons. The molecule has 2 aromatic carbocycles. The molecular weight excluding hydrogens is 402 g/mol. The summed E-state index contributed by atoms with van der Waals surface area (Å²) in [4.78, 5) is 29.2. The second-order valence-electron chi connectivity index (χ2n) is 8.79. The molecule has 2 heterocycles. The molecule has 0 radical (unpaired) electrons. The number of pyridine rings is 1. The third-order valence-electron chi connectivity index (χ3n) is 5.45. The summed E-state index contributed by atoms with van der Waals surface area (Å²) in [5, 5.41) is 15.9. The van der Waals surface area contributed by atoms with Crippen molar-refractivity contribution in [1.29, 1.82) is 0 Å². The quantitative estimate of drug-likeness (QED) is 0.430. The zero-order valence-electron chi connectivity index (χ0n) is 18.3. The van der Waals surface area contributed by atoms with Crippen LogP contribution in [0.1, 0.15) is 48.0 Å². The van der Waals surface area contributed by atoms with Crippen LogP contribution in [0.2, 0.25) is 0 Å². The average Bonchev–Trinajstić information content (AvgIpc) is 2.75. The number of aromatic hydroxyl groups is 1. The lowest BCUT2D eigenvalue weighted by atomic mass is 9.83. The standard InChI is InChI=1S/C26H25N3O3/c1-26(2,3)17-9-10-19-20(11-17)22(25(32)29-24(19)31)14-27-13-18-12-23(30)21(15-28-18)16-7-5-4-6-8-16/h4-12,14-15,27H,13H2,1-3H3,(H,28,30)(H,29,31,32). The summed E-state index contributed by atoms with van der Waals surface area (Å²) in [7, 11) is 0. The molecule has 0 bridgehead atoms. The normalized spacial score (nSPS) is 14.8. The van der Waals surface area contributed by atoms with Gasteiger partial charge >= 0.3 is 0 Å². The van der Waals surface area contributed by atoms with Gasteiger partial charge in [0.15, 0.2) is 0 Å². The van der Waals surface area contributed by atoms with Crippen LogP contribution < -0.4 is 10.6 Å². The highest BCUT2D eigenvalue weighted by Gasteiger charge is 2.28. The average molecular weight is 428 g/mol. The molecule has 3 N–H and O–H groups in total. The molecule has 0 atom stereocenters. The second-order valence-corrected chi connectivity index (χ2v) is 8.79. The molecule has 32 heavy (non-hydrogen) atoms. The minimum Gasteiger partial charge on any atom is -0.507 e. The van der Waals surface area contributed by atoms with Gasteiger partial charge in [-0.2, -0.15) is 0 Å². The lowest BCUT2D eigenvalue weighted by Gasteiger charge is -2.24. The monoisotopic (exact) mass is 427 g/mol. The highest BCUT2D eigenvalue weighted by atomic mass is 16.3. The van der Waals surface area contributed by atoms with E-state index < -0.39 is 11.8 Å². The Morgan fingerprint density at radius 1 is 0.969 bits per heavy atom. The number of nitrogens with one attached hydrogen (secondary N) is 2. The Bertz CT molecular complexity index is 1220. The summed E-state index contributed by atoms with van der Waals surface area (Å²) in [6, 6.07) is 16.7. The molecule has 0 spiro atoms. The first-order chi connectivity index (χ1) is 15.2. The van der Waals surface area contributed by atoms with Crippen molar-refractivity contribution in [2.75, 3.05) is 0 Å². The topological polar surface area (TPSA) is 91.3 Å². The summed E-state index contributed by atoms with van der Waals surface area (Å²) >= 11 is 0. The maximum absolute atomic E-state index is 12.5. The molecule has 3 aromatic rings. The first-order valence-electron chi connectivity index (χ1n) is 10.4. The van der Waals surface area contributed by atoms with E-state index in [2.05, 4.69) is 36.4 Å². The predicted molar refractivity (Wildman–Crippen MR) is 124 cm³/mol. The fourth-order valence-electron chi connectivity index (χ4n) is 3.62. The third kappa shape index (κ3) is 4.25. The first-order valence-corrected chi connectivity index (χ1v) is 10.4. The van der Waals surface area contributed by atoms with Gasteiger partial charge in [-0.15, -0.1) is 0 Å². The number of fused-ring (bicyclic) bond motifs is 1. The third-order valence-corrected chi connectivity index (χ3v) is 5.45. The second kappa shape index (κ2) is 8.30. The van der Waals surface area contributed by atoms with Crippen LogP contribution in [0.3, 0.4) is 0 Å². The van der Waals surface area contributed by atoms with Crippen LogP contribution in [0, 0.1) is 0 Å². The van der Waals surface area contributed by atoms with E-state index >= 15 is 0 Å². The van der Waals surface area contributed by atoms with Crippen molar-refractivity contribution >= 4 is 17.4 Å². The summed E-state index contributed by atoms with van der Waals surface area (Å²) in [5.74, 6) is -0.709. The lowest BCUT2D eigenvalue weighted by Crippen LogP contribution is -2.37. The minimum atomic E-state index is -0.448. The summed E-state index contributed by atoms with van der Waals surface area (Å²) in [6.07, 6.45) is 3.22. The van der Waals surface area contributed by atoms with Crippen LogP contribution in [0.4, 0.5) is 0 Å². The molecule has 0 saturated heterocycles. The van der Waals surface area contributed by atoms with Gasteiger partial charge in [0.25, 0.3) is 11.8 Å². The molecular formula is C26H25N3O3. The van der Waals surface area contributed by atoms with Crippen molar-refractivity contribution in [2.45, 2.75) is 32.7 Å². The molecule has 0 aliphatic carbocycles. The molecule has 1 aliphatic heterocycles. The van der Waals surface area contributed by atoms with Crippen LogP contribution in [0.5, 0.6) is 5.75 Å². The van der Waals surface area contributed by atoms with Gasteiger partial charge in [-0.05, 0) is 28.7 Å². The Balaban J connectivity index is 1.58. The van der Waals surface area contributed by atoms with E-state index in [1.807, 2.05) is 42.5 Å². The maximum Gasteiger partial charge on any atom is 0.260 e. The van der Waals surface area contributed by atoms with Crippen LogP contribution in [0.25, 0.3) is 16.7 Å². The van der Waals surface area contributed by atoms with E-state index in [0.717, 1.165) is 11.1 Å². The number of imide groups is 1. The van der Waals surface area contributed by atoms with Crippen LogP contribution in [0.15, 0.2) is 67.0 Å². The van der Waals surface area contributed by atoms with Crippen molar-refractivity contribution in [2.24, 2.45) is 0 Å². The largest absolute Gasteiger partial charge is 0.507 e. The zero-order chi connectivity index (χ0) is 22.9. The van der Waals surface area contributed by atoms with Gasteiger partial charge in [-0.1, -0.05) is 57.2 Å². The summed E-state index contributed by atoms with van der Waals surface area (Å²) < 4.78 is 0. The van der Waals surface area contributed by atoms with E-state index in [0.29, 0.717) is 34.5 Å². The number of hydrogen-bond acceptors (Lipinski definition) is 5. The fraction of sp³-hybridized carbons (Fsp3) is 0.192. The number of amides is 2. The van der Waals surface area contributed by atoms with Crippen molar-refractivity contribution in [3.8, 4) is 16.9 Å². The summed E-state index contributed by atoms with van der Waals surface area (Å²) in [5.41, 5.74) is 4.53. The Morgan fingerprint density at radius 2 is 1.72 bits per heavy atom. The number of benzene rings is 2. The highest BCUT2D eigenvalue weighted by molar-refractivity contribution is 6.31. The smallest absolute Gasteiger partial charge is 0.260 e.